The molecule has 1 aromatic rings. The fraction of sp³-hybridized carbons (Fsp3) is 0.500. The van der Waals surface area contributed by atoms with Crippen LogP contribution in [0.3, 0.4) is 0 Å². The Balaban J connectivity index is 0.00000324. The van der Waals surface area contributed by atoms with Crippen LogP contribution >= 0.6 is 24.0 Å². The zero-order valence-corrected chi connectivity index (χ0v) is 14.2. The number of hydrogen-bond acceptors (Lipinski definition) is 2. The largest absolute Gasteiger partial charge is 0.493 e. The van der Waals surface area contributed by atoms with E-state index < -0.39 is 0 Å². The molecule has 0 spiro atoms. The third-order valence-corrected chi connectivity index (χ3v) is 2.61. The van der Waals surface area contributed by atoms with Gasteiger partial charge in [-0.05, 0) is 30.9 Å². The van der Waals surface area contributed by atoms with E-state index >= 15 is 0 Å². The van der Waals surface area contributed by atoms with Crippen molar-refractivity contribution in [2.24, 2.45) is 22.4 Å². The van der Waals surface area contributed by atoms with E-state index in [4.69, 9.17) is 16.2 Å². The lowest BCUT2D eigenvalue weighted by atomic mass is 10.1. The quantitative estimate of drug-likeness (QED) is 0.455. The van der Waals surface area contributed by atoms with Gasteiger partial charge in [0.15, 0.2) is 5.96 Å². The van der Waals surface area contributed by atoms with Crippen molar-refractivity contribution in [3.63, 3.8) is 0 Å². The molecule has 4 nitrogen and oxygen atoms in total. The standard InChI is InChI=1S/C14H23N3O.HI/c1-10(2)6-7-18-13-8-11(3)4-5-12(13)9-17-14(15)16;/h4-5,8,10H,6-7,9H2,1-3H3,(H4,15,16,17);1H. The molecule has 0 unspecified atom stereocenters. The summed E-state index contributed by atoms with van der Waals surface area (Å²) >= 11 is 0. The number of guanidine groups is 1. The molecule has 0 radical (unpaired) electrons. The zero-order chi connectivity index (χ0) is 13.5. The first kappa shape index (κ1) is 18.0. The molecular weight excluding hydrogens is 353 g/mol. The van der Waals surface area contributed by atoms with Crippen molar-refractivity contribution in [2.75, 3.05) is 6.61 Å². The number of ether oxygens (including phenoxy) is 1. The average molecular weight is 377 g/mol. The van der Waals surface area contributed by atoms with Gasteiger partial charge in [-0.15, -0.1) is 24.0 Å². The van der Waals surface area contributed by atoms with Gasteiger partial charge in [-0.25, -0.2) is 4.99 Å². The maximum atomic E-state index is 5.81. The number of nitrogens with zero attached hydrogens (tertiary/aromatic N) is 1. The molecule has 0 aromatic heterocycles. The Labute approximate surface area is 132 Å². The summed E-state index contributed by atoms with van der Waals surface area (Å²) in [6, 6.07) is 6.07. The minimum atomic E-state index is 0. The molecule has 0 amide bonds. The van der Waals surface area contributed by atoms with E-state index in [1.54, 1.807) is 0 Å². The summed E-state index contributed by atoms with van der Waals surface area (Å²) < 4.78 is 5.81. The Bertz CT molecular complexity index is 415. The van der Waals surface area contributed by atoms with Gasteiger partial charge in [-0.2, -0.15) is 0 Å². The van der Waals surface area contributed by atoms with E-state index in [9.17, 15) is 0 Å². The Morgan fingerprint density at radius 1 is 1.32 bits per heavy atom. The van der Waals surface area contributed by atoms with Gasteiger partial charge in [0.05, 0.1) is 13.2 Å². The molecule has 0 aliphatic rings. The van der Waals surface area contributed by atoms with Gasteiger partial charge >= 0.3 is 0 Å². The van der Waals surface area contributed by atoms with Crippen LogP contribution in [0.15, 0.2) is 23.2 Å². The van der Waals surface area contributed by atoms with Crippen molar-refractivity contribution in [1.29, 1.82) is 0 Å². The monoisotopic (exact) mass is 377 g/mol. The van der Waals surface area contributed by atoms with E-state index in [0.29, 0.717) is 12.5 Å². The predicted octanol–water partition coefficient (Wildman–Crippen LogP) is 2.81. The molecule has 4 N–H and O–H groups in total. The molecular formula is C14H24IN3O. The fourth-order valence-electron chi connectivity index (χ4n) is 1.51. The van der Waals surface area contributed by atoms with Crippen LogP contribution in [-0.4, -0.2) is 12.6 Å². The van der Waals surface area contributed by atoms with Crippen LogP contribution < -0.4 is 16.2 Å². The molecule has 108 valence electrons. The molecule has 0 heterocycles. The summed E-state index contributed by atoms with van der Waals surface area (Å²) in [4.78, 5) is 4.02. The molecule has 5 heteroatoms. The minimum absolute atomic E-state index is 0. The maximum absolute atomic E-state index is 5.81. The number of halogens is 1. The van der Waals surface area contributed by atoms with E-state index in [0.717, 1.165) is 24.3 Å². The van der Waals surface area contributed by atoms with Crippen molar-refractivity contribution >= 4 is 29.9 Å². The summed E-state index contributed by atoms with van der Waals surface area (Å²) in [5.41, 5.74) is 12.9. The van der Waals surface area contributed by atoms with E-state index in [-0.39, 0.29) is 29.9 Å². The van der Waals surface area contributed by atoms with Crippen molar-refractivity contribution in [1.82, 2.24) is 0 Å². The van der Waals surface area contributed by atoms with Gasteiger partial charge in [-0.3, -0.25) is 0 Å². The van der Waals surface area contributed by atoms with Crippen LogP contribution in [0.4, 0.5) is 0 Å². The van der Waals surface area contributed by atoms with Crippen LogP contribution in [0.1, 0.15) is 31.4 Å². The minimum Gasteiger partial charge on any atom is -0.493 e. The Kier molecular flexibility index (Phi) is 8.54. The van der Waals surface area contributed by atoms with E-state index in [1.807, 2.05) is 25.1 Å². The number of aryl methyl sites for hydroxylation is 1. The number of rotatable bonds is 6. The summed E-state index contributed by atoms with van der Waals surface area (Å²) in [6.45, 7) is 7.58. The van der Waals surface area contributed by atoms with Crippen LogP contribution in [0.2, 0.25) is 0 Å². The molecule has 0 fully saturated rings. The summed E-state index contributed by atoms with van der Waals surface area (Å²) in [5, 5.41) is 0. The van der Waals surface area contributed by atoms with Gasteiger partial charge < -0.3 is 16.2 Å². The third kappa shape index (κ3) is 7.25. The highest BCUT2D eigenvalue weighted by molar-refractivity contribution is 14.0. The number of hydrogen-bond donors (Lipinski definition) is 2. The smallest absolute Gasteiger partial charge is 0.186 e. The van der Waals surface area contributed by atoms with Crippen LogP contribution in [0.25, 0.3) is 0 Å². The molecule has 0 saturated carbocycles. The van der Waals surface area contributed by atoms with Crippen molar-refractivity contribution in [3.8, 4) is 5.75 Å². The van der Waals surface area contributed by atoms with Crippen molar-refractivity contribution in [3.05, 3.63) is 29.3 Å². The first-order valence-electron chi connectivity index (χ1n) is 6.26. The second-order valence-corrected chi connectivity index (χ2v) is 4.88. The van der Waals surface area contributed by atoms with Gasteiger partial charge in [0.25, 0.3) is 0 Å². The molecule has 0 bridgehead atoms. The SMILES string of the molecule is Cc1ccc(CN=C(N)N)c(OCCC(C)C)c1.I. The zero-order valence-electron chi connectivity index (χ0n) is 11.8. The van der Waals surface area contributed by atoms with Gasteiger partial charge in [0.1, 0.15) is 5.75 Å². The Morgan fingerprint density at radius 3 is 2.58 bits per heavy atom. The highest BCUT2D eigenvalue weighted by Gasteiger charge is 2.04. The lowest BCUT2D eigenvalue weighted by Gasteiger charge is -2.12. The van der Waals surface area contributed by atoms with Crippen LogP contribution in [0, 0.1) is 12.8 Å². The number of benzene rings is 1. The third-order valence-electron chi connectivity index (χ3n) is 2.61. The lowest BCUT2D eigenvalue weighted by Crippen LogP contribution is -2.22. The molecule has 1 aromatic carbocycles. The molecule has 19 heavy (non-hydrogen) atoms. The molecule has 1 rings (SSSR count). The molecule has 0 saturated heterocycles. The summed E-state index contributed by atoms with van der Waals surface area (Å²) in [5.74, 6) is 1.61. The predicted molar refractivity (Wildman–Crippen MR) is 91.1 cm³/mol. The van der Waals surface area contributed by atoms with Crippen LogP contribution in [-0.2, 0) is 6.54 Å². The van der Waals surface area contributed by atoms with Crippen molar-refractivity contribution in [2.45, 2.75) is 33.7 Å². The van der Waals surface area contributed by atoms with E-state index in [2.05, 4.69) is 18.8 Å². The fourth-order valence-corrected chi connectivity index (χ4v) is 1.51. The van der Waals surface area contributed by atoms with Crippen molar-refractivity contribution < 1.29 is 4.74 Å². The Morgan fingerprint density at radius 2 is 2.00 bits per heavy atom. The van der Waals surface area contributed by atoms with Gasteiger partial charge in [0.2, 0.25) is 0 Å². The maximum Gasteiger partial charge on any atom is 0.186 e. The normalized spacial score (nSPS) is 9.89. The first-order chi connectivity index (χ1) is 8.49. The highest BCUT2D eigenvalue weighted by Crippen LogP contribution is 2.21. The molecule has 0 aliphatic heterocycles. The number of aliphatic imine (C=N–C) groups is 1. The number of nitrogens with two attached hydrogens (primary N) is 2. The lowest BCUT2D eigenvalue weighted by molar-refractivity contribution is 0.287. The van der Waals surface area contributed by atoms with E-state index in [1.165, 1.54) is 5.56 Å². The summed E-state index contributed by atoms with van der Waals surface area (Å²) in [6.07, 6.45) is 1.04. The topological polar surface area (TPSA) is 73.6 Å². The van der Waals surface area contributed by atoms with Gasteiger partial charge in [-0.1, -0.05) is 26.0 Å². The molecule has 0 atom stereocenters. The first-order valence-corrected chi connectivity index (χ1v) is 6.26. The van der Waals surface area contributed by atoms with Crippen LogP contribution in [0.5, 0.6) is 5.75 Å². The Hall–Kier alpha value is -0.980. The molecule has 0 aliphatic carbocycles. The van der Waals surface area contributed by atoms with Gasteiger partial charge in [0, 0.05) is 5.56 Å². The second-order valence-electron chi connectivity index (χ2n) is 4.88. The summed E-state index contributed by atoms with van der Waals surface area (Å²) in [7, 11) is 0. The highest BCUT2D eigenvalue weighted by atomic mass is 127. The average Bonchev–Trinajstić information content (AvgIpc) is 2.27. The second kappa shape index (κ2) is 9.01.